The molecule has 1 aliphatic rings. The molecule has 1 aliphatic heterocycles. The molecule has 1 amide bonds. The van der Waals surface area contributed by atoms with E-state index in [0.29, 0.717) is 43.7 Å². The Kier molecular flexibility index (Phi) is 6.81. The zero-order chi connectivity index (χ0) is 22.4. The molecule has 2 heterocycles. The van der Waals surface area contributed by atoms with Gasteiger partial charge in [0.25, 0.3) is 5.91 Å². The molecule has 3 aromatic rings. The molecule has 0 saturated carbocycles. The van der Waals surface area contributed by atoms with Crippen molar-refractivity contribution in [2.24, 2.45) is 0 Å². The highest BCUT2D eigenvalue weighted by atomic mass is 19.1. The Morgan fingerprint density at radius 1 is 1.19 bits per heavy atom. The number of amides is 1. The number of aromatic nitrogens is 1. The molecule has 1 aromatic heterocycles. The van der Waals surface area contributed by atoms with Crippen molar-refractivity contribution in [1.29, 1.82) is 0 Å². The molecule has 1 fully saturated rings. The highest BCUT2D eigenvalue weighted by molar-refractivity contribution is 5.86. The van der Waals surface area contributed by atoms with Crippen molar-refractivity contribution in [2.45, 2.75) is 31.3 Å². The van der Waals surface area contributed by atoms with E-state index < -0.39 is 5.60 Å². The third-order valence-electron chi connectivity index (χ3n) is 5.83. The second-order valence-corrected chi connectivity index (χ2v) is 7.99. The predicted molar refractivity (Wildman–Crippen MR) is 121 cm³/mol. The number of nitrogens with one attached hydrogen (secondary N) is 1. The Morgan fingerprint density at radius 2 is 2.03 bits per heavy atom. The van der Waals surface area contributed by atoms with Crippen LogP contribution in [0.4, 0.5) is 4.39 Å². The first-order valence-electron chi connectivity index (χ1n) is 10.8. The molecule has 0 radical (unpaired) electrons. The summed E-state index contributed by atoms with van der Waals surface area (Å²) in [4.78, 5) is 17.4. The minimum Gasteiger partial charge on any atom is -0.496 e. The fraction of sp³-hybridized carbons (Fsp3) is 0.308. The molecule has 0 spiro atoms. The van der Waals surface area contributed by atoms with Gasteiger partial charge in [-0.1, -0.05) is 30.3 Å². The summed E-state index contributed by atoms with van der Waals surface area (Å²) in [6.07, 6.45) is 4.45. The Hall–Kier alpha value is -3.25. The molecule has 166 valence electrons. The van der Waals surface area contributed by atoms with E-state index in [-0.39, 0.29) is 11.7 Å². The van der Waals surface area contributed by atoms with Crippen LogP contribution in [-0.4, -0.2) is 36.8 Å². The molecule has 1 saturated heterocycles. The molecule has 32 heavy (non-hydrogen) atoms. The van der Waals surface area contributed by atoms with Crippen molar-refractivity contribution in [3.8, 4) is 16.9 Å². The maximum Gasteiger partial charge on any atom is 0.252 e. The molecule has 6 heteroatoms. The first kappa shape index (κ1) is 22.0. The number of carbonyl (C=O) groups is 1. The van der Waals surface area contributed by atoms with Gasteiger partial charge in [-0.2, -0.15) is 0 Å². The van der Waals surface area contributed by atoms with Crippen LogP contribution in [0.15, 0.2) is 66.9 Å². The van der Waals surface area contributed by atoms with Crippen LogP contribution in [0.5, 0.6) is 5.75 Å². The minimum absolute atomic E-state index is 0.0817. The molecule has 0 bridgehead atoms. The molecule has 1 unspecified atom stereocenters. The number of hydrogen-bond acceptors (Lipinski definition) is 4. The van der Waals surface area contributed by atoms with Gasteiger partial charge in [0.1, 0.15) is 11.6 Å². The number of pyridine rings is 1. The molecule has 0 aliphatic carbocycles. The van der Waals surface area contributed by atoms with Gasteiger partial charge in [-0.25, -0.2) is 4.39 Å². The first-order valence-corrected chi connectivity index (χ1v) is 10.8. The van der Waals surface area contributed by atoms with Crippen molar-refractivity contribution in [3.63, 3.8) is 0 Å². The average Bonchev–Trinajstić information content (AvgIpc) is 3.30. The van der Waals surface area contributed by atoms with Crippen molar-refractivity contribution < 1.29 is 18.7 Å². The highest BCUT2D eigenvalue weighted by Crippen LogP contribution is 2.33. The quantitative estimate of drug-likeness (QED) is 0.573. The number of ether oxygens (including phenoxy) is 2. The Labute approximate surface area is 187 Å². The second kappa shape index (κ2) is 9.92. The van der Waals surface area contributed by atoms with E-state index in [1.807, 2.05) is 42.5 Å². The lowest BCUT2D eigenvalue weighted by molar-refractivity contribution is -0.141. The van der Waals surface area contributed by atoms with Gasteiger partial charge in [0.15, 0.2) is 5.60 Å². The maximum atomic E-state index is 13.7. The van der Waals surface area contributed by atoms with Crippen molar-refractivity contribution >= 4 is 5.91 Å². The van der Waals surface area contributed by atoms with E-state index in [9.17, 15) is 9.18 Å². The van der Waals surface area contributed by atoms with Gasteiger partial charge in [0.05, 0.1) is 7.11 Å². The number of halogens is 1. The van der Waals surface area contributed by atoms with Gasteiger partial charge in [-0.15, -0.1) is 0 Å². The molecule has 1 atom stereocenters. The number of methoxy groups -OCH3 is 1. The summed E-state index contributed by atoms with van der Waals surface area (Å²) in [5.41, 5.74) is 2.62. The van der Waals surface area contributed by atoms with Crippen LogP contribution in [0.2, 0.25) is 0 Å². The minimum atomic E-state index is -0.859. The van der Waals surface area contributed by atoms with Crippen molar-refractivity contribution in [3.05, 3.63) is 83.9 Å². The highest BCUT2D eigenvalue weighted by Gasteiger charge is 2.42. The summed E-state index contributed by atoms with van der Waals surface area (Å²) < 4.78 is 25.1. The summed E-state index contributed by atoms with van der Waals surface area (Å²) in [5.74, 6) is 0.217. The molecule has 2 aromatic carbocycles. The Balaban J connectivity index is 1.45. The molecular weight excluding hydrogens is 407 g/mol. The maximum absolute atomic E-state index is 13.7. The summed E-state index contributed by atoms with van der Waals surface area (Å²) in [6, 6.07) is 18.0. The van der Waals surface area contributed by atoms with Gasteiger partial charge in [0.2, 0.25) is 0 Å². The van der Waals surface area contributed by atoms with Crippen molar-refractivity contribution in [1.82, 2.24) is 10.3 Å². The lowest BCUT2D eigenvalue weighted by Gasteiger charge is -2.27. The standard InChI is InChI=1S/C26H27FN2O3/c1-31-24-11-10-21(27)17-23(24)20-8-6-19(7-9-20)18-26(13-4-16-32-26)25(30)29-15-12-22-5-2-3-14-28-22/h2-3,5-11,14,17H,4,12-13,15-16,18H2,1H3,(H,29,30). The van der Waals surface area contributed by atoms with Gasteiger partial charge in [-0.05, 0) is 54.3 Å². The number of rotatable bonds is 8. The van der Waals surface area contributed by atoms with E-state index in [0.717, 1.165) is 23.2 Å². The lowest BCUT2D eigenvalue weighted by Crippen LogP contribution is -2.48. The number of hydrogen-bond donors (Lipinski definition) is 1. The third kappa shape index (κ3) is 4.97. The SMILES string of the molecule is COc1ccc(F)cc1-c1ccc(CC2(C(=O)NCCc3ccccn3)CCCO2)cc1. The molecular formula is C26H27FN2O3. The van der Waals surface area contributed by atoms with Crippen LogP contribution in [0.25, 0.3) is 11.1 Å². The number of carbonyl (C=O) groups excluding carboxylic acids is 1. The van der Waals surface area contributed by atoms with E-state index in [1.165, 1.54) is 12.1 Å². The lowest BCUT2D eigenvalue weighted by atomic mass is 9.89. The topological polar surface area (TPSA) is 60.5 Å². The van der Waals surface area contributed by atoms with Crippen LogP contribution < -0.4 is 10.1 Å². The normalized spacial score (nSPS) is 17.8. The Morgan fingerprint density at radius 3 is 2.72 bits per heavy atom. The summed E-state index contributed by atoms with van der Waals surface area (Å²) in [5, 5.41) is 3.03. The predicted octanol–water partition coefficient (Wildman–Crippen LogP) is 4.35. The smallest absolute Gasteiger partial charge is 0.252 e. The zero-order valence-electron chi connectivity index (χ0n) is 18.1. The van der Waals surface area contributed by atoms with Gasteiger partial charge < -0.3 is 14.8 Å². The largest absolute Gasteiger partial charge is 0.496 e. The number of nitrogens with zero attached hydrogens (tertiary/aromatic N) is 1. The first-order chi connectivity index (χ1) is 15.6. The summed E-state index contributed by atoms with van der Waals surface area (Å²) in [6.45, 7) is 1.09. The van der Waals surface area contributed by atoms with Crippen LogP contribution in [0.1, 0.15) is 24.1 Å². The second-order valence-electron chi connectivity index (χ2n) is 7.99. The fourth-order valence-corrected chi connectivity index (χ4v) is 4.15. The zero-order valence-corrected chi connectivity index (χ0v) is 18.1. The van der Waals surface area contributed by atoms with E-state index >= 15 is 0 Å². The molecule has 5 nitrogen and oxygen atoms in total. The average molecular weight is 435 g/mol. The van der Waals surface area contributed by atoms with Gasteiger partial charge in [-0.3, -0.25) is 9.78 Å². The molecule has 4 rings (SSSR count). The fourth-order valence-electron chi connectivity index (χ4n) is 4.15. The van der Waals surface area contributed by atoms with E-state index in [2.05, 4.69) is 10.3 Å². The van der Waals surface area contributed by atoms with Gasteiger partial charge >= 0.3 is 0 Å². The summed E-state index contributed by atoms with van der Waals surface area (Å²) >= 11 is 0. The van der Waals surface area contributed by atoms with Crippen LogP contribution in [0, 0.1) is 5.82 Å². The van der Waals surface area contributed by atoms with Crippen molar-refractivity contribution in [2.75, 3.05) is 20.3 Å². The van der Waals surface area contributed by atoms with E-state index in [4.69, 9.17) is 9.47 Å². The number of benzene rings is 2. The van der Waals surface area contributed by atoms with Crippen LogP contribution >= 0.6 is 0 Å². The monoisotopic (exact) mass is 434 g/mol. The third-order valence-corrected chi connectivity index (χ3v) is 5.83. The Bertz CT molecular complexity index is 1050. The molecule has 1 N–H and O–H groups in total. The van der Waals surface area contributed by atoms with E-state index in [1.54, 1.807) is 19.4 Å². The van der Waals surface area contributed by atoms with Crippen LogP contribution in [-0.2, 0) is 22.4 Å². The summed E-state index contributed by atoms with van der Waals surface area (Å²) in [7, 11) is 1.57. The van der Waals surface area contributed by atoms with Gasteiger partial charge in [0, 0.05) is 43.4 Å². The van der Waals surface area contributed by atoms with Crippen LogP contribution in [0.3, 0.4) is 0 Å².